The van der Waals surface area contributed by atoms with Crippen molar-refractivity contribution in [1.82, 2.24) is 25.3 Å². The Bertz CT molecular complexity index is 865. The molecule has 1 aromatic heterocycles. The molecule has 0 fully saturated rings. The lowest BCUT2D eigenvalue weighted by Gasteiger charge is -2.36. The molecule has 29 heavy (non-hydrogen) atoms. The molecule has 0 saturated heterocycles. The average Bonchev–Trinajstić information content (AvgIpc) is 3.36. The van der Waals surface area contributed by atoms with E-state index in [1.807, 2.05) is 30.3 Å². The summed E-state index contributed by atoms with van der Waals surface area (Å²) >= 11 is 6.17. The quantitative estimate of drug-likeness (QED) is 0.382. The van der Waals surface area contributed by atoms with Gasteiger partial charge < -0.3 is 19.6 Å². The van der Waals surface area contributed by atoms with Crippen LogP contribution in [0, 0.1) is 0 Å². The van der Waals surface area contributed by atoms with Crippen LogP contribution in [0.25, 0.3) is 11.4 Å². The smallest absolute Gasteiger partial charge is 0.226 e. The molecule has 1 N–H and O–H groups in total. The third-order valence-corrected chi connectivity index (χ3v) is 5.29. The van der Waals surface area contributed by atoms with Crippen LogP contribution in [0.1, 0.15) is 38.5 Å². The topological polar surface area (TPSA) is 69.8 Å². The number of amidine groups is 1. The Morgan fingerprint density at radius 1 is 1.17 bits per heavy atom. The molecule has 0 aliphatic carbocycles. The number of aryl methyl sites for hydroxylation is 1. The van der Waals surface area contributed by atoms with E-state index in [0.29, 0.717) is 11.7 Å². The number of alkyl halides is 1. The largest absolute Gasteiger partial charge is 0.358 e. The van der Waals surface area contributed by atoms with E-state index in [4.69, 9.17) is 16.1 Å². The van der Waals surface area contributed by atoms with E-state index in [0.717, 1.165) is 69.0 Å². The van der Waals surface area contributed by atoms with Gasteiger partial charge in [-0.1, -0.05) is 60.4 Å². The highest BCUT2D eigenvalue weighted by molar-refractivity contribution is 6.22. The van der Waals surface area contributed by atoms with Gasteiger partial charge in [-0.2, -0.15) is 4.98 Å². The van der Waals surface area contributed by atoms with Crippen LogP contribution in [0.2, 0.25) is 0 Å². The van der Waals surface area contributed by atoms with Crippen LogP contribution in [-0.2, 0) is 6.42 Å². The summed E-state index contributed by atoms with van der Waals surface area (Å²) in [5, 5.41) is 7.32. The van der Waals surface area contributed by atoms with E-state index in [-0.39, 0.29) is 5.62 Å². The second-order valence-electron chi connectivity index (χ2n) is 7.38. The number of fused-ring (bicyclic) bond motifs is 1. The van der Waals surface area contributed by atoms with Crippen molar-refractivity contribution in [2.75, 3.05) is 19.8 Å². The number of benzene rings is 1. The van der Waals surface area contributed by atoms with Crippen molar-refractivity contribution >= 4 is 17.4 Å². The van der Waals surface area contributed by atoms with E-state index in [1.54, 1.807) is 0 Å². The maximum Gasteiger partial charge on any atom is 0.226 e. The molecule has 1 aromatic carbocycles. The van der Waals surface area contributed by atoms with Crippen LogP contribution >= 0.6 is 11.6 Å². The number of rotatable bonds is 9. The van der Waals surface area contributed by atoms with Crippen molar-refractivity contribution in [2.24, 2.45) is 4.99 Å². The molecule has 8 heteroatoms. The minimum atomic E-state index is -0.364. The second-order valence-corrected chi connectivity index (χ2v) is 7.79. The molecule has 0 bridgehead atoms. The number of aliphatic imine (C=N–C) groups is 1. The monoisotopic (exact) mass is 414 g/mol. The van der Waals surface area contributed by atoms with Crippen molar-refractivity contribution in [3.05, 3.63) is 48.1 Å². The van der Waals surface area contributed by atoms with Gasteiger partial charge in [-0.25, -0.2) is 4.99 Å². The summed E-state index contributed by atoms with van der Waals surface area (Å²) in [7, 11) is 0. The fourth-order valence-corrected chi connectivity index (χ4v) is 3.78. The lowest BCUT2D eigenvalue weighted by atomic mass is 10.2. The first-order valence-corrected chi connectivity index (χ1v) is 10.7. The highest BCUT2D eigenvalue weighted by atomic mass is 35.5. The first-order valence-electron chi connectivity index (χ1n) is 10.3. The van der Waals surface area contributed by atoms with Crippen molar-refractivity contribution in [3.63, 3.8) is 0 Å². The number of nitrogens with zero attached hydrogens (tertiary/aromatic N) is 5. The molecular weight excluding hydrogens is 388 g/mol. The predicted octanol–water partition coefficient (Wildman–Crippen LogP) is 3.80. The number of aromatic nitrogens is 2. The maximum atomic E-state index is 6.17. The molecule has 2 aromatic rings. The van der Waals surface area contributed by atoms with Crippen LogP contribution in [0.4, 0.5) is 0 Å². The fraction of sp³-hybridized carbons (Fsp3) is 0.476. The maximum absolute atomic E-state index is 6.17. The number of halogens is 1. The van der Waals surface area contributed by atoms with Gasteiger partial charge in [-0.15, -0.1) is 0 Å². The molecule has 3 heterocycles. The fourth-order valence-electron chi connectivity index (χ4n) is 3.57. The minimum Gasteiger partial charge on any atom is -0.358 e. The Morgan fingerprint density at radius 3 is 2.86 bits per heavy atom. The zero-order chi connectivity index (χ0) is 20.1. The number of nitrogens with one attached hydrogen (secondary N) is 1. The molecule has 0 spiro atoms. The van der Waals surface area contributed by atoms with Crippen molar-refractivity contribution in [2.45, 2.75) is 44.7 Å². The first-order chi connectivity index (χ1) is 14.2. The van der Waals surface area contributed by atoms with Gasteiger partial charge in [0.25, 0.3) is 0 Å². The Morgan fingerprint density at radius 2 is 2.03 bits per heavy atom. The van der Waals surface area contributed by atoms with E-state index in [9.17, 15) is 0 Å². The zero-order valence-electron chi connectivity index (χ0n) is 16.7. The zero-order valence-corrected chi connectivity index (χ0v) is 17.5. The Hall–Kier alpha value is -2.54. The molecule has 0 saturated carbocycles. The number of hydrogen-bond donors (Lipinski definition) is 1. The molecule has 7 nitrogen and oxygen atoms in total. The van der Waals surface area contributed by atoms with Gasteiger partial charge in [0.15, 0.2) is 11.5 Å². The van der Waals surface area contributed by atoms with Crippen LogP contribution in [-0.4, -0.2) is 51.2 Å². The van der Waals surface area contributed by atoms with E-state index < -0.39 is 0 Å². The molecule has 1 atom stereocenters. The van der Waals surface area contributed by atoms with Crippen LogP contribution in [0.3, 0.4) is 0 Å². The number of unbranched alkanes of at least 4 members (excludes halogenated alkanes) is 2. The summed E-state index contributed by atoms with van der Waals surface area (Å²) in [5.74, 6) is 2.35. The average molecular weight is 415 g/mol. The van der Waals surface area contributed by atoms with Gasteiger partial charge >= 0.3 is 0 Å². The summed E-state index contributed by atoms with van der Waals surface area (Å²) in [6.45, 7) is 5.02. The van der Waals surface area contributed by atoms with E-state index in [2.05, 4.69) is 43.4 Å². The van der Waals surface area contributed by atoms with Crippen molar-refractivity contribution < 1.29 is 4.52 Å². The second kappa shape index (κ2) is 9.31. The Balaban J connectivity index is 1.27. The van der Waals surface area contributed by atoms with Crippen LogP contribution < -0.4 is 5.32 Å². The lowest BCUT2D eigenvalue weighted by molar-refractivity contribution is 0.228. The molecule has 2 aliphatic heterocycles. The van der Waals surface area contributed by atoms with Gasteiger partial charge in [0.05, 0.1) is 12.4 Å². The third kappa shape index (κ3) is 4.90. The SMILES string of the molecule is CCCCN1CN(CCCCc2nc(-c3ccccc3)no2)C=C2NC(Cl)N=C21. The third-order valence-electron chi connectivity index (χ3n) is 5.08. The lowest BCUT2D eigenvalue weighted by Crippen LogP contribution is -2.45. The van der Waals surface area contributed by atoms with Gasteiger partial charge in [0, 0.05) is 31.3 Å². The highest BCUT2D eigenvalue weighted by Crippen LogP contribution is 2.21. The molecule has 1 unspecified atom stereocenters. The molecular formula is C21H27ClN6O. The molecule has 2 aliphatic rings. The standard InChI is InChI=1S/C21H27ClN6O/c1-2-3-13-28-15-27(14-17-20(28)25-21(22)23-17)12-8-7-11-18-24-19(26-29-18)16-9-5-4-6-10-16/h4-6,9-10,14,21,23H,2-3,7-8,11-13,15H2,1H3. The van der Waals surface area contributed by atoms with E-state index in [1.165, 1.54) is 0 Å². The summed E-state index contributed by atoms with van der Waals surface area (Å²) < 4.78 is 5.41. The molecule has 154 valence electrons. The van der Waals surface area contributed by atoms with Crippen molar-refractivity contribution in [3.8, 4) is 11.4 Å². The number of hydrogen-bond acceptors (Lipinski definition) is 7. The summed E-state index contributed by atoms with van der Waals surface area (Å²) in [4.78, 5) is 13.7. The van der Waals surface area contributed by atoms with Crippen LogP contribution in [0.15, 0.2) is 51.7 Å². The Kier molecular flexibility index (Phi) is 6.34. The highest BCUT2D eigenvalue weighted by Gasteiger charge is 2.29. The summed E-state index contributed by atoms with van der Waals surface area (Å²) in [6, 6.07) is 9.91. The predicted molar refractivity (Wildman–Crippen MR) is 114 cm³/mol. The molecule has 0 amide bonds. The van der Waals surface area contributed by atoms with Gasteiger partial charge in [-0.3, -0.25) is 0 Å². The van der Waals surface area contributed by atoms with Crippen molar-refractivity contribution in [1.29, 1.82) is 0 Å². The van der Waals surface area contributed by atoms with Crippen LogP contribution in [0.5, 0.6) is 0 Å². The van der Waals surface area contributed by atoms with Gasteiger partial charge in [0.1, 0.15) is 0 Å². The summed E-state index contributed by atoms with van der Waals surface area (Å²) in [6.07, 6.45) is 7.29. The van der Waals surface area contributed by atoms with Gasteiger partial charge in [0.2, 0.25) is 11.7 Å². The molecule has 0 radical (unpaired) electrons. The summed E-state index contributed by atoms with van der Waals surface area (Å²) in [5.41, 5.74) is 1.64. The first kappa shape index (κ1) is 19.8. The Labute approximate surface area is 176 Å². The van der Waals surface area contributed by atoms with Gasteiger partial charge in [-0.05, 0) is 19.3 Å². The van der Waals surface area contributed by atoms with E-state index >= 15 is 0 Å². The molecule has 4 rings (SSSR count). The normalized spacial score (nSPS) is 18.3. The minimum absolute atomic E-state index is 0.364.